The summed E-state index contributed by atoms with van der Waals surface area (Å²) in [6.07, 6.45) is 3.27. The summed E-state index contributed by atoms with van der Waals surface area (Å²) >= 11 is 1.56. The Labute approximate surface area is 118 Å². The molecule has 0 saturated carbocycles. The zero-order chi connectivity index (χ0) is 13.7. The highest BCUT2D eigenvalue weighted by Crippen LogP contribution is 2.29. The number of nitrogens with zero attached hydrogens (tertiary/aromatic N) is 1. The molecule has 0 bridgehead atoms. The quantitative estimate of drug-likeness (QED) is 0.869. The van der Waals surface area contributed by atoms with Crippen LogP contribution in [0.15, 0.2) is 45.2 Å². The van der Waals surface area contributed by atoms with Gasteiger partial charge in [-0.2, -0.15) is 0 Å². The van der Waals surface area contributed by atoms with Crippen molar-refractivity contribution in [1.82, 2.24) is 10.3 Å². The summed E-state index contributed by atoms with van der Waals surface area (Å²) in [5.41, 5.74) is 2.57. The SMILES string of the molecule is Cc1cc(CNCC(C)C)ccc1Sc1ncco1. The molecule has 19 heavy (non-hydrogen) atoms. The Hall–Kier alpha value is -1.26. The average Bonchev–Trinajstić information content (AvgIpc) is 2.85. The first-order valence-corrected chi connectivity index (χ1v) is 7.34. The first-order valence-electron chi connectivity index (χ1n) is 6.52. The third kappa shape index (κ3) is 4.40. The molecule has 0 aliphatic rings. The maximum Gasteiger partial charge on any atom is 0.260 e. The molecule has 0 radical (unpaired) electrons. The maximum atomic E-state index is 5.25. The molecule has 1 aromatic heterocycles. The summed E-state index contributed by atoms with van der Waals surface area (Å²) in [7, 11) is 0. The lowest BCUT2D eigenvalue weighted by Crippen LogP contribution is -2.18. The predicted molar refractivity (Wildman–Crippen MR) is 78.3 cm³/mol. The van der Waals surface area contributed by atoms with Gasteiger partial charge < -0.3 is 9.73 Å². The van der Waals surface area contributed by atoms with E-state index in [-0.39, 0.29) is 0 Å². The van der Waals surface area contributed by atoms with Gasteiger partial charge in [-0.05, 0) is 48.3 Å². The first kappa shape index (κ1) is 14.2. The molecule has 0 aliphatic heterocycles. The van der Waals surface area contributed by atoms with Crippen molar-refractivity contribution in [2.75, 3.05) is 6.54 Å². The molecule has 102 valence electrons. The van der Waals surface area contributed by atoms with Crippen LogP contribution in [0.25, 0.3) is 0 Å². The lowest BCUT2D eigenvalue weighted by molar-refractivity contribution is 0.454. The van der Waals surface area contributed by atoms with Gasteiger partial charge in [0.25, 0.3) is 5.22 Å². The van der Waals surface area contributed by atoms with Crippen molar-refractivity contribution >= 4 is 11.8 Å². The molecule has 0 amide bonds. The number of hydrogen-bond acceptors (Lipinski definition) is 4. The number of aromatic nitrogens is 1. The summed E-state index contributed by atoms with van der Waals surface area (Å²) in [6, 6.07) is 6.51. The molecule has 0 fully saturated rings. The highest BCUT2D eigenvalue weighted by molar-refractivity contribution is 7.99. The monoisotopic (exact) mass is 276 g/mol. The number of nitrogens with one attached hydrogen (secondary N) is 1. The molecular weight excluding hydrogens is 256 g/mol. The van der Waals surface area contributed by atoms with E-state index in [9.17, 15) is 0 Å². The second-order valence-electron chi connectivity index (χ2n) is 5.02. The topological polar surface area (TPSA) is 38.1 Å². The van der Waals surface area contributed by atoms with Crippen molar-refractivity contribution < 1.29 is 4.42 Å². The number of rotatable bonds is 6. The minimum Gasteiger partial charge on any atom is -0.440 e. The third-order valence-electron chi connectivity index (χ3n) is 2.73. The summed E-state index contributed by atoms with van der Waals surface area (Å²) in [5, 5.41) is 4.14. The second-order valence-corrected chi connectivity index (χ2v) is 6.02. The molecule has 1 aromatic carbocycles. The van der Waals surface area contributed by atoms with Crippen LogP contribution in [0, 0.1) is 12.8 Å². The molecule has 0 aliphatic carbocycles. The second kappa shape index (κ2) is 6.78. The Morgan fingerprint density at radius 2 is 2.21 bits per heavy atom. The van der Waals surface area contributed by atoms with E-state index in [0.29, 0.717) is 11.1 Å². The summed E-state index contributed by atoms with van der Waals surface area (Å²) < 4.78 is 5.25. The lowest BCUT2D eigenvalue weighted by Gasteiger charge is -2.09. The Morgan fingerprint density at radius 1 is 1.37 bits per heavy atom. The van der Waals surface area contributed by atoms with Gasteiger partial charge in [-0.3, -0.25) is 0 Å². The first-order chi connectivity index (χ1) is 9.15. The van der Waals surface area contributed by atoms with Crippen LogP contribution in [-0.4, -0.2) is 11.5 Å². The van der Waals surface area contributed by atoms with E-state index in [1.54, 1.807) is 24.2 Å². The Bertz CT molecular complexity index is 509. The van der Waals surface area contributed by atoms with Crippen LogP contribution >= 0.6 is 11.8 Å². The van der Waals surface area contributed by atoms with E-state index in [0.717, 1.165) is 13.1 Å². The fourth-order valence-electron chi connectivity index (χ4n) is 1.80. The highest BCUT2D eigenvalue weighted by Gasteiger charge is 2.05. The molecule has 3 nitrogen and oxygen atoms in total. The summed E-state index contributed by atoms with van der Waals surface area (Å²) in [5.74, 6) is 0.681. The Balaban J connectivity index is 1.97. The lowest BCUT2D eigenvalue weighted by atomic mass is 10.1. The molecule has 0 spiro atoms. The normalized spacial score (nSPS) is 11.2. The van der Waals surface area contributed by atoms with E-state index in [4.69, 9.17) is 4.42 Å². The number of benzene rings is 1. The maximum absolute atomic E-state index is 5.25. The van der Waals surface area contributed by atoms with Crippen LogP contribution in [0.3, 0.4) is 0 Å². The fourth-order valence-corrected chi connectivity index (χ4v) is 2.56. The average molecular weight is 276 g/mol. The Kier molecular flexibility index (Phi) is 5.05. The molecule has 2 aromatic rings. The van der Waals surface area contributed by atoms with E-state index >= 15 is 0 Å². The number of aryl methyl sites for hydroxylation is 1. The van der Waals surface area contributed by atoms with Gasteiger partial charge in [0.1, 0.15) is 6.26 Å². The van der Waals surface area contributed by atoms with E-state index < -0.39 is 0 Å². The zero-order valence-electron chi connectivity index (χ0n) is 11.6. The van der Waals surface area contributed by atoms with Crippen LogP contribution in [0.5, 0.6) is 0 Å². The smallest absolute Gasteiger partial charge is 0.260 e. The molecule has 4 heteroatoms. The van der Waals surface area contributed by atoms with E-state index in [1.807, 2.05) is 0 Å². The molecular formula is C15H20N2OS. The largest absolute Gasteiger partial charge is 0.440 e. The van der Waals surface area contributed by atoms with Gasteiger partial charge in [0.05, 0.1) is 6.20 Å². The fraction of sp³-hybridized carbons (Fsp3) is 0.400. The van der Waals surface area contributed by atoms with Gasteiger partial charge in [-0.25, -0.2) is 4.98 Å². The molecule has 1 N–H and O–H groups in total. The molecule has 2 rings (SSSR count). The van der Waals surface area contributed by atoms with Crippen LogP contribution in [0.1, 0.15) is 25.0 Å². The zero-order valence-corrected chi connectivity index (χ0v) is 12.5. The van der Waals surface area contributed by atoms with Crippen LogP contribution in [-0.2, 0) is 6.54 Å². The van der Waals surface area contributed by atoms with Gasteiger partial charge in [-0.1, -0.05) is 26.0 Å². The molecule has 0 saturated heterocycles. The molecule has 0 unspecified atom stereocenters. The predicted octanol–water partition coefficient (Wildman–Crippen LogP) is 3.88. The third-order valence-corrected chi connectivity index (χ3v) is 3.78. The summed E-state index contributed by atoms with van der Waals surface area (Å²) in [4.78, 5) is 5.32. The Morgan fingerprint density at radius 3 is 2.84 bits per heavy atom. The molecule has 1 heterocycles. The van der Waals surface area contributed by atoms with Gasteiger partial charge in [0.15, 0.2) is 0 Å². The summed E-state index contributed by atoms with van der Waals surface area (Å²) in [6.45, 7) is 8.52. The minimum absolute atomic E-state index is 0.681. The van der Waals surface area contributed by atoms with E-state index in [2.05, 4.69) is 49.3 Å². The van der Waals surface area contributed by atoms with Crippen molar-refractivity contribution in [3.63, 3.8) is 0 Å². The van der Waals surface area contributed by atoms with Gasteiger partial charge in [0, 0.05) is 11.4 Å². The number of hydrogen-bond donors (Lipinski definition) is 1. The van der Waals surface area contributed by atoms with Crippen molar-refractivity contribution in [3.8, 4) is 0 Å². The van der Waals surface area contributed by atoms with E-state index in [1.165, 1.54) is 16.0 Å². The van der Waals surface area contributed by atoms with Crippen molar-refractivity contribution in [2.45, 2.75) is 37.4 Å². The van der Waals surface area contributed by atoms with Crippen molar-refractivity contribution in [2.24, 2.45) is 5.92 Å². The van der Waals surface area contributed by atoms with Crippen LogP contribution in [0.2, 0.25) is 0 Å². The standard InChI is InChI=1S/C15H20N2OS/c1-11(2)9-16-10-13-4-5-14(12(3)8-13)19-15-17-6-7-18-15/h4-8,11,16H,9-10H2,1-3H3. The van der Waals surface area contributed by atoms with Crippen molar-refractivity contribution in [3.05, 3.63) is 41.8 Å². The van der Waals surface area contributed by atoms with Crippen LogP contribution in [0.4, 0.5) is 0 Å². The number of oxazole rings is 1. The van der Waals surface area contributed by atoms with Gasteiger partial charge in [-0.15, -0.1) is 0 Å². The molecule has 0 atom stereocenters. The van der Waals surface area contributed by atoms with Crippen LogP contribution < -0.4 is 5.32 Å². The van der Waals surface area contributed by atoms with Crippen molar-refractivity contribution in [1.29, 1.82) is 0 Å². The highest BCUT2D eigenvalue weighted by atomic mass is 32.2. The minimum atomic E-state index is 0.681. The van der Waals surface area contributed by atoms with Gasteiger partial charge >= 0.3 is 0 Å². The van der Waals surface area contributed by atoms with Gasteiger partial charge in [0.2, 0.25) is 0 Å².